The SMILES string of the molecule is CC(C)c1cnn2c(NCc3ccc(-c4nccn4C)cc3)nc(NC3CCOCC3)nc12. The maximum Gasteiger partial charge on any atom is 0.229 e. The highest BCUT2D eigenvalue weighted by atomic mass is 16.5. The molecule has 9 nitrogen and oxygen atoms in total. The lowest BCUT2D eigenvalue weighted by atomic mass is 10.1. The molecule has 0 saturated carbocycles. The number of aromatic nitrogens is 6. The lowest BCUT2D eigenvalue weighted by Crippen LogP contribution is -2.29. The Bertz CT molecular complexity index is 1220. The molecular formula is C24H30N8O. The first-order valence-electron chi connectivity index (χ1n) is 11.5. The normalized spacial score (nSPS) is 14.8. The molecule has 172 valence electrons. The highest BCUT2D eigenvalue weighted by molar-refractivity contribution is 5.57. The molecule has 33 heavy (non-hydrogen) atoms. The predicted molar refractivity (Wildman–Crippen MR) is 128 cm³/mol. The molecule has 1 fully saturated rings. The molecule has 0 atom stereocenters. The largest absolute Gasteiger partial charge is 0.381 e. The summed E-state index contributed by atoms with van der Waals surface area (Å²) in [6, 6.07) is 8.73. The second kappa shape index (κ2) is 9.19. The van der Waals surface area contributed by atoms with Crippen molar-refractivity contribution in [1.82, 2.24) is 29.1 Å². The van der Waals surface area contributed by atoms with E-state index in [1.807, 2.05) is 30.2 Å². The van der Waals surface area contributed by atoms with Crippen molar-refractivity contribution in [2.24, 2.45) is 7.05 Å². The Balaban J connectivity index is 1.38. The average Bonchev–Trinajstić information content (AvgIpc) is 3.45. The van der Waals surface area contributed by atoms with Crippen LogP contribution in [0.2, 0.25) is 0 Å². The van der Waals surface area contributed by atoms with E-state index >= 15 is 0 Å². The fourth-order valence-corrected chi connectivity index (χ4v) is 4.10. The molecule has 0 aliphatic carbocycles. The molecule has 0 amide bonds. The summed E-state index contributed by atoms with van der Waals surface area (Å²) in [5, 5.41) is 11.5. The van der Waals surface area contributed by atoms with Gasteiger partial charge in [0.1, 0.15) is 5.82 Å². The van der Waals surface area contributed by atoms with Crippen LogP contribution in [-0.2, 0) is 18.3 Å². The number of nitrogens with zero attached hydrogens (tertiary/aromatic N) is 6. The topological polar surface area (TPSA) is 94.2 Å². The van der Waals surface area contributed by atoms with E-state index in [0.29, 0.717) is 30.4 Å². The first kappa shape index (κ1) is 21.4. The molecule has 9 heteroatoms. The minimum absolute atomic E-state index is 0.318. The van der Waals surface area contributed by atoms with Crippen LogP contribution in [0.25, 0.3) is 17.0 Å². The van der Waals surface area contributed by atoms with Gasteiger partial charge in [0.15, 0.2) is 5.65 Å². The Morgan fingerprint density at radius 2 is 1.91 bits per heavy atom. The van der Waals surface area contributed by atoms with Crippen LogP contribution in [0, 0.1) is 0 Å². The number of nitrogens with one attached hydrogen (secondary N) is 2. The molecule has 1 saturated heterocycles. The third kappa shape index (κ3) is 4.54. The van der Waals surface area contributed by atoms with Gasteiger partial charge in [0.2, 0.25) is 11.9 Å². The number of hydrogen-bond acceptors (Lipinski definition) is 7. The van der Waals surface area contributed by atoms with Gasteiger partial charge in [-0.25, -0.2) is 4.98 Å². The summed E-state index contributed by atoms with van der Waals surface area (Å²) < 4.78 is 9.30. The number of aryl methyl sites for hydroxylation is 1. The van der Waals surface area contributed by atoms with Crippen molar-refractivity contribution < 1.29 is 4.74 Å². The molecule has 5 rings (SSSR count). The molecule has 1 aliphatic rings. The zero-order valence-corrected chi connectivity index (χ0v) is 19.3. The van der Waals surface area contributed by atoms with Gasteiger partial charge in [0.05, 0.1) is 6.20 Å². The van der Waals surface area contributed by atoms with Gasteiger partial charge < -0.3 is 19.9 Å². The first-order chi connectivity index (χ1) is 16.1. The average molecular weight is 447 g/mol. The molecule has 4 aromatic rings. The van der Waals surface area contributed by atoms with Gasteiger partial charge in [-0.05, 0) is 24.3 Å². The van der Waals surface area contributed by atoms with Gasteiger partial charge in [-0.3, -0.25) is 0 Å². The molecule has 1 aromatic carbocycles. The van der Waals surface area contributed by atoms with Crippen LogP contribution in [0.4, 0.5) is 11.9 Å². The molecule has 3 aromatic heterocycles. The fourth-order valence-electron chi connectivity index (χ4n) is 4.10. The second-order valence-corrected chi connectivity index (χ2v) is 8.80. The number of benzene rings is 1. The predicted octanol–water partition coefficient (Wildman–Crippen LogP) is 3.85. The van der Waals surface area contributed by atoms with E-state index in [9.17, 15) is 0 Å². The quantitative estimate of drug-likeness (QED) is 0.445. The van der Waals surface area contributed by atoms with Crippen LogP contribution in [0.5, 0.6) is 0 Å². The molecule has 4 heterocycles. The van der Waals surface area contributed by atoms with Crippen molar-refractivity contribution in [3.05, 3.63) is 54.0 Å². The van der Waals surface area contributed by atoms with Crippen molar-refractivity contribution in [3.8, 4) is 11.4 Å². The Kier molecular flexibility index (Phi) is 5.95. The van der Waals surface area contributed by atoms with Crippen LogP contribution < -0.4 is 10.6 Å². The van der Waals surface area contributed by atoms with Crippen LogP contribution in [0.3, 0.4) is 0 Å². The van der Waals surface area contributed by atoms with Crippen molar-refractivity contribution in [3.63, 3.8) is 0 Å². The first-order valence-corrected chi connectivity index (χ1v) is 11.5. The van der Waals surface area contributed by atoms with Crippen LogP contribution in [-0.4, -0.2) is 48.4 Å². The highest BCUT2D eigenvalue weighted by Crippen LogP contribution is 2.24. The summed E-state index contributed by atoms with van der Waals surface area (Å²) in [6.45, 7) is 6.47. The fraction of sp³-hybridized carbons (Fsp3) is 0.417. The molecule has 0 unspecified atom stereocenters. The van der Waals surface area contributed by atoms with E-state index in [1.165, 1.54) is 0 Å². The van der Waals surface area contributed by atoms with Crippen LogP contribution >= 0.6 is 0 Å². The van der Waals surface area contributed by atoms with Gasteiger partial charge in [-0.1, -0.05) is 38.1 Å². The maximum atomic E-state index is 5.48. The minimum atomic E-state index is 0.318. The van der Waals surface area contributed by atoms with E-state index < -0.39 is 0 Å². The van der Waals surface area contributed by atoms with E-state index in [-0.39, 0.29) is 0 Å². The van der Waals surface area contributed by atoms with Gasteiger partial charge in [-0.2, -0.15) is 19.6 Å². The second-order valence-electron chi connectivity index (χ2n) is 8.80. The molecule has 1 aliphatic heterocycles. The van der Waals surface area contributed by atoms with Crippen molar-refractivity contribution >= 4 is 17.5 Å². The smallest absolute Gasteiger partial charge is 0.229 e. The number of imidazole rings is 1. The number of anilines is 2. The third-order valence-corrected chi connectivity index (χ3v) is 6.06. The summed E-state index contributed by atoms with van der Waals surface area (Å²) in [4.78, 5) is 14.0. The van der Waals surface area contributed by atoms with Gasteiger partial charge in [0, 0.05) is 56.4 Å². The van der Waals surface area contributed by atoms with E-state index in [0.717, 1.165) is 54.2 Å². The summed E-state index contributed by atoms with van der Waals surface area (Å²) in [7, 11) is 2.00. The van der Waals surface area contributed by atoms with Gasteiger partial charge in [0.25, 0.3) is 0 Å². The van der Waals surface area contributed by atoms with Gasteiger partial charge in [-0.15, -0.1) is 0 Å². The zero-order valence-electron chi connectivity index (χ0n) is 19.3. The van der Waals surface area contributed by atoms with Crippen molar-refractivity contribution in [2.75, 3.05) is 23.8 Å². The molecule has 2 N–H and O–H groups in total. The maximum absolute atomic E-state index is 5.48. The number of fused-ring (bicyclic) bond motifs is 1. The molecule has 0 radical (unpaired) electrons. The Hall–Kier alpha value is -3.46. The summed E-state index contributed by atoms with van der Waals surface area (Å²) >= 11 is 0. The molecule has 0 spiro atoms. The lowest BCUT2D eigenvalue weighted by Gasteiger charge is -2.23. The number of hydrogen-bond donors (Lipinski definition) is 2. The van der Waals surface area contributed by atoms with Crippen LogP contribution in [0.1, 0.15) is 43.7 Å². The van der Waals surface area contributed by atoms with Gasteiger partial charge >= 0.3 is 0 Å². The lowest BCUT2D eigenvalue weighted by molar-refractivity contribution is 0.0903. The number of ether oxygens (including phenoxy) is 1. The molecular weight excluding hydrogens is 416 g/mol. The number of rotatable bonds is 7. The Morgan fingerprint density at radius 3 is 2.61 bits per heavy atom. The summed E-state index contributed by atoms with van der Waals surface area (Å²) in [6.07, 6.45) is 7.56. The summed E-state index contributed by atoms with van der Waals surface area (Å²) in [5.74, 6) is 2.58. The van der Waals surface area contributed by atoms with E-state index in [1.54, 1.807) is 4.52 Å². The third-order valence-electron chi connectivity index (χ3n) is 6.06. The molecule has 0 bridgehead atoms. The monoisotopic (exact) mass is 446 g/mol. The Labute approximate surface area is 193 Å². The standard InChI is InChI=1S/C24H30N8O/c1-16(2)20-15-27-32-22(20)29-23(28-19-8-12-33-13-9-19)30-24(32)26-14-17-4-6-18(7-5-17)21-25-10-11-31(21)3/h4-7,10-11,15-16,19H,8-9,12-14H2,1-3H3,(H2,26,28,29,30). The minimum Gasteiger partial charge on any atom is -0.381 e. The highest BCUT2D eigenvalue weighted by Gasteiger charge is 2.19. The van der Waals surface area contributed by atoms with Crippen molar-refractivity contribution in [1.29, 1.82) is 0 Å². The Morgan fingerprint density at radius 1 is 1.12 bits per heavy atom. The summed E-state index contributed by atoms with van der Waals surface area (Å²) in [5.41, 5.74) is 4.18. The van der Waals surface area contributed by atoms with Crippen LogP contribution in [0.15, 0.2) is 42.9 Å². The van der Waals surface area contributed by atoms with E-state index in [2.05, 4.69) is 58.8 Å². The van der Waals surface area contributed by atoms with E-state index in [4.69, 9.17) is 14.7 Å². The van der Waals surface area contributed by atoms with Crippen molar-refractivity contribution in [2.45, 2.75) is 45.2 Å². The zero-order chi connectivity index (χ0) is 22.8.